The van der Waals surface area contributed by atoms with Crippen molar-refractivity contribution in [2.24, 2.45) is 5.92 Å². The van der Waals surface area contributed by atoms with Gasteiger partial charge in [0.05, 0.1) is 12.0 Å². The lowest BCUT2D eigenvalue weighted by Gasteiger charge is -2.45. The summed E-state index contributed by atoms with van der Waals surface area (Å²) in [6.45, 7) is 0. The number of nitrogens with zero attached hydrogens (tertiary/aromatic N) is 1. The molecule has 2 rings (SSSR count). The average molecular weight is 279 g/mol. The molecule has 1 N–H and O–H groups in total. The molecule has 1 amide bonds. The SMILES string of the molecule is CN(C(=O)C1CC=CCC1)C1(CC(=O)O)CCCCC1. The van der Waals surface area contributed by atoms with Crippen molar-refractivity contribution >= 4 is 11.9 Å². The Bertz CT molecular complexity index is 397. The van der Waals surface area contributed by atoms with Crippen molar-refractivity contribution < 1.29 is 14.7 Å². The normalized spacial score (nSPS) is 25.1. The van der Waals surface area contributed by atoms with E-state index in [2.05, 4.69) is 12.2 Å². The minimum Gasteiger partial charge on any atom is -0.481 e. The number of hydrogen-bond acceptors (Lipinski definition) is 2. The standard InChI is InChI=1S/C16H25NO3/c1-17(15(20)13-8-4-2-5-9-13)16(12-14(18)19)10-6-3-7-11-16/h2,4,13H,3,5-12H2,1H3,(H,18,19). The molecule has 0 aromatic rings. The number of allylic oxidation sites excluding steroid dienone is 2. The third-order valence-corrected chi connectivity index (χ3v) is 4.92. The van der Waals surface area contributed by atoms with E-state index in [1.165, 1.54) is 0 Å². The smallest absolute Gasteiger partial charge is 0.305 e. The maximum atomic E-state index is 12.7. The second-order valence-electron chi connectivity index (χ2n) is 6.23. The van der Waals surface area contributed by atoms with Gasteiger partial charge < -0.3 is 10.0 Å². The van der Waals surface area contributed by atoms with Gasteiger partial charge in [-0.1, -0.05) is 31.4 Å². The zero-order valence-electron chi connectivity index (χ0n) is 12.3. The zero-order valence-corrected chi connectivity index (χ0v) is 12.3. The molecule has 1 unspecified atom stereocenters. The average Bonchev–Trinajstić information content (AvgIpc) is 2.47. The number of carboxylic acids is 1. The molecule has 0 bridgehead atoms. The van der Waals surface area contributed by atoms with Crippen molar-refractivity contribution in [3.63, 3.8) is 0 Å². The third kappa shape index (κ3) is 3.22. The number of rotatable bonds is 4. The van der Waals surface area contributed by atoms with Crippen LogP contribution in [0.2, 0.25) is 0 Å². The van der Waals surface area contributed by atoms with E-state index in [9.17, 15) is 14.7 Å². The summed E-state index contributed by atoms with van der Waals surface area (Å²) >= 11 is 0. The van der Waals surface area contributed by atoms with Gasteiger partial charge in [-0.15, -0.1) is 0 Å². The quantitative estimate of drug-likeness (QED) is 0.805. The van der Waals surface area contributed by atoms with Crippen molar-refractivity contribution in [2.45, 2.75) is 63.3 Å². The molecular weight excluding hydrogens is 254 g/mol. The maximum Gasteiger partial charge on any atom is 0.305 e. The fourth-order valence-electron chi connectivity index (χ4n) is 3.65. The first-order valence-electron chi connectivity index (χ1n) is 7.70. The van der Waals surface area contributed by atoms with Crippen molar-refractivity contribution in [2.75, 3.05) is 7.05 Å². The molecule has 20 heavy (non-hydrogen) atoms. The van der Waals surface area contributed by atoms with Gasteiger partial charge in [-0.2, -0.15) is 0 Å². The highest BCUT2D eigenvalue weighted by atomic mass is 16.4. The van der Waals surface area contributed by atoms with E-state index in [1.54, 1.807) is 4.90 Å². The van der Waals surface area contributed by atoms with Gasteiger partial charge in [0.25, 0.3) is 0 Å². The van der Waals surface area contributed by atoms with Gasteiger partial charge in [-0.05, 0) is 32.1 Å². The largest absolute Gasteiger partial charge is 0.481 e. The topological polar surface area (TPSA) is 57.6 Å². The number of carboxylic acid groups (broad SMARTS) is 1. The lowest BCUT2D eigenvalue weighted by atomic mass is 9.77. The molecule has 1 fully saturated rings. The van der Waals surface area contributed by atoms with E-state index in [-0.39, 0.29) is 18.2 Å². The van der Waals surface area contributed by atoms with Gasteiger partial charge in [0.1, 0.15) is 0 Å². The van der Waals surface area contributed by atoms with E-state index in [0.717, 1.165) is 51.4 Å². The summed E-state index contributed by atoms with van der Waals surface area (Å²) in [7, 11) is 1.81. The van der Waals surface area contributed by atoms with Crippen LogP contribution in [0.3, 0.4) is 0 Å². The van der Waals surface area contributed by atoms with Crippen molar-refractivity contribution in [3.8, 4) is 0 Å². The monoisotopic (exact) mass is 279 g/mol. The summed E-state index contributed by atoms with van der Waals surface area (Å²) in [5.74, 6) is -0.620. The molecule has 2 aliphatic rings. The fourth-order valence-corrected chi connectivity index (χ4v) is 3.65. The fraction of sp³-hybridized carbons (Fsp3) is 0.750. The van der Waals surface area contributed by atoms with Crippen LogP contribution in [-0.2, 0) is 9.59 Å². The Morgan fingerprint density at radius 1 is 1.25 bits per heavy atom. The highest BCUT2D eigenvalue weighted by Crippen LogP contribution is 2.37. The lowest BCUT2D eigenvalue weighted by molar-refractivity contribution is -0.148. The molecule has 4 nitrogen and oxygen atoms in total. The molecule has 0 heterocycles. The first-order chi connectivity index (χ1) is 9.55. The number of hydrogen-bond donors (Lipinski definition) is 1. The molecule has 1 saturated carbocycles. The summed E-state index contributed by atoms with van der Waals surface area (Å²) in [6.07, 6.45) is 11.8. The molecule has 0 aromatic heterocycles. The first kappa shape index (κ1) is 15.1. The van der Waals surface area contributed by atoms with Gasteiger partial charge in [0.2, 0.25) is 5.91 Å². The Labute approximate surface area is 120 Å². The summed E-state index contributed by atoms with van der Waals surface area (Å²) < 4.78 is 0. The molecule has 4 heteroatoms. The molecule has 0 saturated heterocycles. The Hall–Kier alpha value is -1.32. The van der Waals surface area contributed by atoms with Crippen LogP contribution in [0.5, 0.6) is 0 Å². The predicted octanol–water partition coefficient (Wildman–Crippen LogP) is 2.98. The molecule has 0 aliphatic heterocycles. The number of aliphatic carboxylic acids is 1. The second-order valence-corrected chi connectivity index (χ2v) is 6.23. The lowest BCUT2D eigenvalue weighted by Crippen LogP contribution is -2.53. The van der Waals surface area contributed by atoms with Crippen molar-refractivity contribution in [3.05, 3.63) is 12.2 Å². The van der Waals surface area contributed by atoms with Gasteiger partial charge in [-0.25, -0.2) is 0 Å². The molecule has 0 radical (unpaired) electrons. The second kappa shape index (κ2) is 6.42. The summed E-state index contributed by atoms with van der Waals surface area (Å²) in [4.78, 5) is 25.7. The molecule has 0 spiro atoms. The Morgan fingerprint density at radius 2 is 1.95 bits per heavy atom. The van der Waals surface area contributed by atoms with Crippen LogP contribution in [0.1, 0.15) is 57.8 Å². The van der Waals surface area contributed by atoms with Crippen LogP contribution >= 0.6 is 0 Å². The molecule has 2 aliphatic carbocycles. The van der Waals surface area contributed by atoms with Gasteiger partial charge >= 0.3 is 5.97 Å². The van der Waals surface area contributed by atoms with Crippen LogP contribution in [0.4, 0.5) is 0 Å². The van der Waals surface area contributed by atoms with Crippen LogP contribution in [0, 0.1) is 5.92 Å². The maximum absolute atomic E-state index is 12.7. The van der Waals surface area contributed by atoms with Crippen molar-refractivity contribution in [1.29, 1.82) is 0 Å². The molecule has 0 aromatic carbocycles. The van der Waals surface area contributed by atoms with E-state index >= 15 is 0 Å². The molecule has 1 atom stereocenters. The minimum atomic E-state index is -0.796. The van der Waals surface area contributed by atoms with Crippen LogP contribution < -0.4 is 0 Å². The Balaban J connectivity index is 2.12. The van der Waals surface area contributed by atoms with Crippen LogP contribution in [0.15, 0.2) is 12.2 Å². The minimum absolute atomic E-state index is 0.0394. The van der Waals surface area contributed by atoms with E-state index in [4.69, 9.17) is 0 Å². The van der Waals surface area contributed by atoms with Crippen molar-refractivity contribution in [1.82, 2.24) is 4.90 Å². The van der Waals surface area contributed by atoms with E-state index in [0.29, 0.717) is 0 Å². The summed E-state index contributed by atoms with van der Waals surface area (Å²) in [5.41, 5.74) is -0.456. The van der Waals surface area contributed by atoms with Gasteiger partial charge in [0, 0.05) is 13.0 Å². The van der Waals surface area contributed by atoms with E-state index < -0.39 is 11.5 Å². The number of carbonyl (C=O) groups is 2. The highest BCUT2D eigenvalue weighted by molar-refractivity contribution is 5.81. The van der Waals surface area contributed by atoms with Gasteiger partial charge in [0.15, 0.2) is 0 Å². The summed E-state index contributed by atoms with van der Waals surface area (Å²) in [5, 5.41) is 9.22. The number of amides is 1. The zero-order chi connectivity index (χ0) is 14.6. The number of carbonyl (C=O) groups excluding carboxylic acids is 1. The molecule has 112 valence electrons. The summed E-state index contributed by atoms with van der Waals surface area (Å²) in [6, 6.07) is 0. The Kier molecular flexibility index (Phi) is 4.84. The highest BCUT2D eigenvalue weighted by Gasteiger charge is 2.41. The predicted molar refractivity (Wildman–Crippen MR) is 77.3 cm³/mol. The van der Waals surface area contributed by atoms with Crippen LogP contribution in [-0.4, -0.2) is 34.5 Å². The Morgan fingerprint density at radius 3 is 2.50 bits per heavy atom. The third-order valence-electron chi connectivity index (χ3n) is 4.92. The molecular formula is C16H25NO3. The van der Waals surface area contributed by atoms with E-state index in [1.807, 2.05) is 7.05 Å². The van der Waals surface area contributed by atoms with Gasteiger partial charge in [-0.3, -0.25) is 9.59 Å². The van der Waals surface area contributed by atoms with Crippen LogP contribution in [0.25, 0.3) is 0 Å². The first-order valence-corrected chi connectivity index (χ1v) is 7.70.